The van der Waals surface area contributed by atoms with Crippen LogP contribution in [-0.4, -0.2) is 52.4 Å². The van der Waals surface area contributed by atoms with E-state index in [-0.39, 0.29) is 30.7 Å². The van der Waals surface area contributed by atoms with Crippen LogP contribution in [0.25, 0.3) is 0 Å². The standard InChI is InChI=1S/C19H31N5O6/c1-9(2)15(21)17(25)28-8-12-11(30-18(26)16(22)10(3)4)7-14(29-12)24-6-5-13(20)23-19(24)27/h5-6,9-12,14-16H,7-8,21-22H2,1-4H3,(H2,20,23,27)/t11-,12+,14+,15?,16?/m1/s1. The number of anilines is 1. The van der Waals surface area contributed by atoms with Crippen molar-refractivity contribution in [2.75, 3.05) is 12.3 Å². The maximum absolute atomic E-state index is 12.3. The van der Waals surface area contributed by atoms with Crippen LogP contribution in [0.3, 0.4) is 0 Å². The number of rotatable bonds is 8. The lowest BCUT2D eigenvalue weighted by Gasteiger charge is -2.22. The minimum absolute atomic E-state index is 0.0771. The highest BCUT2D eigenvalue weighted by molar-refractivity contribution is 5.76. The second kappa shape index (κ2) is 10.0. The van der Waals surface area contributed by atoms with Gasteiger partial charge in [0.15, 0.2) is 0 Å². The largest absolute Gasteiger partial charge is 0.462 e. The quantitative estimate of drug-likeness (QED) is 0.462. The van der Waals surface area contributed by atoms with Crippen molar-refractivity contribution in [3.8, 4) is 0 Å². The fourth-order valence-corrected chi connectivity index (χ4v) is 2.82. The molecular weight excluding hydrogens is 394 g/mol. The summed E-state index contributed by atoms with van der Waals surface area (Å²) in [5.41, 5.74) is 16.6. The first-order chi connectivity index (χ1) is 14.0. The van der Waals surface area contributed by atoms with E-state index in [1.807, 2.05) is 0 Å². The van der Waals surface area contributed by atoms with Gasteiger partial charge in [-0.05, 0) is 17.9 Å². The third kappa shape index (κ3) is 5.77. The number of esters is 2. The first-order valence-electron chi connectivity index (χ1n) is 9.89. The Bertz CT molecular complexity index is 811. The van der Waals surface area contributed by atoms with E-state index in [1.54, 1.807) is 27.7 Å². The van der Waals surface area contributed by atoms with Gasteiger partial charge in [-0.1, -0.05) is 27.7 Å². The van der Waals surface area contributed by atoms with E-state index in [1.165, 1.54) is 16.8 Å². The monoisotopic (exact) mass is 425 g/mol. The molecule has 1 aromatic heterocycles. The summed E-state index contributed by atoms with van der Waals surface area (Å²) in [6, 6.07) is -0.154. The molecule has 0 bridgehead atoms. The zero-order valence-corrected chi connectivity index (χ0v) is 17.7. The molecule has 1 fully saturated rings. The van der Waals surface area contributed by atoms with Gasteiger partial charge < -0.3 is 31.4 Å². The molecule has 2 heterocycles. The minimum Gasteiger partial charge on any atom is -0.462 e. The fourth-order valence-electron chi connectivity index (χ4n) is 2.82. The molecule has 11 heteroatoms. The second-order valence-corrected chi connectivity index (χ2v) is 8.05. The maximum atomic E-state index is 12.3. The zero-order chi connectivity index (χ0) is 22.6. The summed E-state index contributed by atoms with van der Waals surface area (Å²) < 4.78 is 17.9. The second-order valence-electron chi connectivity index (χ2n) is 8.05. The van der Waals surface area contributed by atoms with E-state index in [9.17, 15) is 14.4 Å². The Hall–Kier alpha value is -2.50. The van der Waals surface area contributed by atoms with Gasteiger partial charge in [0.05, 0.1) is 0 Å². The van der Waals surface area contributed by atoms with E-state index in [0.29, 0.717) is 0 Å². The molecule has 6 N–H and O–H groups in total. The molecule has 0 amide bonds. The lowest BCUT2D eigenvalue weighted by molar-refractivity contribution is -0.161. The number of ether oxygens (including phenoxy) is 3. The molecule has 0 saturated carbocycles. The number of nitrogen functional groups attached to an aromatic ring is 1. The summed E-state index contributed by atoms with van der Waals surface area (Å²) in [4.78, 5) is 40.3. The van der Waals surface area contributed by atoms with Gasteiger partial charge in [-0.25, -0.2) is 4.79 Å². The van der Waals surface area contributed by atoms with Crippen LogP contribution in [0.4, 0.5) is 5.82 Å². The summed E-state index contributed by atoms with van der Waals surface area (Å²) in [7, 11) is 0. The number of carbonyl (C=O) groups is 2. The summed E-state index contributed by atoms with van der Waals surface area (Å²) in [6.07, 6.45) is -0.760. The number of aromatic nitrogens is 2. The highest BCUT2D eigenvalue weighted by atomic mass is 16.6. The van der Waals surface area contributed by atoms with Gasteiger partial charge in [-0.2, -0.15) is 4.98 Å². The molecule has 1 aromatic rings. The van der Waals surface area contributed by atoms with Gasteiger partial charge in [-0.15, -0.1) is 0 Å². The Morgan fingerprint density at radius 3 is 2.37 bits per heavy atom. The molecule has 2 rings (SSSR count). The van der Waals surface area contributed by atoms with Crippen LogP contribution in [0.15, 0.2) is 17.1 Å². The normalized spacial score (nSPS) is 23.4. The van der Waals surface area contributed by atoms with Crippen molar-refractivity contribution >= 4 is 17.8 Å². The predicted octanol–water partition coefficient (Wildman–Crippen LogP) is -0.465. The number of carbonyl (C=O) groups excluding carboxylic acids is 2. The number of nitrogens with two attached hydrogens (primary N) is 3. The molecule has 0 radical (unpaired) electrons. The fraction of sp³-hybridized carbons (Fsp3) is 0.684. The van der Waals surface area contributed by atoms with Crippen molar-refractivity contribution in [2.24, 2.45) is 23.3 Å². The molecule has 1 aliphatic rings. The van der Waals surface area contributed by atoms with E-state index < -0.39 is 48.1 Å². The average Bonchev–Trinajstić information content (AvgIpc) is 3.06. The molecule has 1 aliphatic heterocycles. The van der Waals surface area contributed by atoms with E-state index in [0.717, 1.165) is 0 Å². The Labute approximate surface area is 174 Å². The SMILES string of the molecule is CC(C)C(N)C(=O)OC[C@@H]1O[C@H](n2ccc(N)nc2=O)C[C@H]1OC(=O)C(N)C(C)C. The van der Waals surface area contributed by atoms with Gasteiger partial charge in [0.2, 0.25) is 0 Å². The number of nitrogens with zero attached hydrogens (tertiary/aromatic N) is 2. The van der Waals surface area contributed by atoms with Gasteiger partial charge in [0.1, 0.15) is 42.9 Å². The molecule has 11 nitrogen and oxygen atoms in total. The maximum Gasteiger partial charge on any atom is 0.351 e. The lowest BCUT2D eigenvalue weighted by Crippen LogP contribution is -2.42. The molecule has 30 heavy (non-hydrogen) atoms. The van der Waals surface area contributed by atoms with Gasteiger partial charge >= 0.3 is 17.6 Å². The van der Waals surface area contributed by atoms with Crippen molar-refractivity contribution in [1.82, 2.24) is 9.55 Å². The van der Waals surface area contributed by atoms with Crippen molar-refractivity contribution in [3.05, 3.63) is 22.7 Å². The summed E-state index contributed by atoms with van der Waals surface area (Å²) in [5.74, 6) is -1.34. The van der Waals surface area contributed by atoms with Crippen molar-refractivity contribution in [1.29, 1.82) is 0 Å². The number of hydrogen-bond acceptors (Lipinski definition) is 10. The van der Waals surface area contributed by atoms with Crippen LogP contribution >= 0.6 is 0 Å². The highest BCUT2D eigenvalue weighted by Crippen LogP contribution is 2.31. The lowest BCUT2D eigenvalue weighted by atomic mass is 10.1. The third-order valence-corrected chi connectivity index (χ3v) is 4.98. The van der Waals surface area contributed by atoms with Crippen LogP contribution in [0.1, 0.15) is 40.3 Å². The summed E-state index contributed by atoms with van der Waals surface area (Å²) >= 11 is 0. The molecular formula is C19H31N5O6. The predicted molar refractivity (Wildman–Crippen MR) is 108 cm³/mol. The highest BCUT2D eigenvalue weighted by Gasteiger charge is 2.41. The Kier molecular flexibility index (Phi) is 7.93. The van der Waals surface area contributed by atoms with E-state index >= 15 is 0 Å². The summed E-state index contributed by atoms with van der Waals surface area (Å²) in [5, 5.41) is 0. The molecule has 5 atom stereocenters. The van der Waals surface area contributed by atoms with Gasteiger partial charge in [0.25, 0.3) is 0 Å². The van der Waals surface area contributed by atoms with Crippen LogP contribution < -0.4 is 22.9 Å². The van der Waals surface area contributed by atoms with Crippen molar-refractivity contribution in [2.45, 2.75) is 64.6 Å². The minimum atomic E-state index is -0.817. The van der Waals surface area contributed by atoms with Crippen LogP contribution in [0.5, 0.6) is 0 Å². The van der Waals surface area contributed by atoms with Gasteiger partial charge in [0, 0.05) is 12.6 Å². The smallest absolute Gasteiger partial charge is 0.351 e. The molecule has 1 saturated heterocycles. The Balaban J connectivity index is 2.16. The van der Waals surface area contributed by atoms with Crippen molar-refractivity contribution in [3.63, 3.8) is 0 Å². The van der Waals surface area contributed by atoms with E-state index in [2.05, 4.69) is 4.98 Å². The van der Waals surface area contributed by atoms with Crippen LogP contribution in [0.2, 0.25) is 0 Å². The van der Waals surface area contributed by atoms with E-state index in [4.69, 9.17) is 31.4 Å². The molecule has 0 aromatic carbocycles. The van der Waals surface area contributed by atoms with Crippen LogP contribution in [0, 0.1) is 11.8 Å². The molecule has 0 spiro atoms. The summed E-state index contributed by atoms with van der Waals surface area (Å²) in [6.45, 7) is 7.00. The Morgan fingerprint density at radius 2 is 1.80 bits per heavy atom. The molecule has 168 valence electrons. The number of hydrogen-bond donors (Lipinski definition) is 3. The third-order valence-electron chi connectivity index (χ3n) is 4.98. The topological polar surface area (TPSA) is 175 Å². The first kappa shape index (κ1) is 23.8. The average molecular weight is 425 g/mol. The van der Waals surface area contributed by atoms with Gasteiger partial charge in [-0.3, -0.25) is 14.2 Å². The molecule has 0 aliphatic carbocycles. The molecule has 2 unspecified atom stereocenters. The Morgan fingerprint density at radius 1 is 1.20 bits per heavy atom. The zero-order valence-electron chi connectivity index (χ0n) is 17.7. The van der Waals surface area contributed by atoms with Crippen LogP contribution in [-0.2, 0) is 23.8 Å². The van der Waals surface area contributed by atoms with Crippen molar-refractivity contribution < 1.29 is 23.8 Å². The first-order valence-corrected chi connectivity index (χ1v) is 9.89.